The number of carbonyl (C=O) groups excluding carboxylic acids is 1. The number of rotatable bonds is 2. The lowest BCUT2D eigenvalue weighted by atomic mass is 9.86. The fourth-order valence-corrected chi connectivity index (χ4v) is 2.86. The molecular weight excluding hydrogens is 301 g/mol. The fraction of sp³-hybridized carbons (Fsp3) is 0.529. The quantitative estimate of drug-likeness (QED) is 0.908. The number of nitrogens with zero attached hydrogens (tertiary/aromatic N) is 1. The summed E-state index contributed by atoms with van der Waals surface area (Å²) in [5.74, 6) is -2.63. The molecule has 1 saturated heterocycles. The SMILES string of the molecule is Cc1ccc(F)cc1[C@@H]1CN(C(=O)OC(C)(C)C)C[C@H]1C(=O)O. The van der Waals surface area contributed by atoms with Crippen LogP contribution in [0.25, 0.3) is 0 Å². The smallest absolute Gasteiger partial charge is 0.410 e. The molecule has 1 amide bonds. The van der Waals surface area contributed by atoms with Crippen molar-refractivity contribution in [2.45, 2.75) is 39.2 Å². The molecule has 23 heavy (non-hydrogen) atoms. The highest BCUT2D eigenvalue weighted by molar-refractivity contribution is 5.76. The Morgan fingerprint density at radius 2 is 1.96 bits per heavy atom. The van der Waals surface area contributed by atoms with Crippen molar-refractivity contribution in [3.63, 3.8) is 0 Å². The lowest BCUT2D eigenvalue weighted by Crippen LogP contribution is -2.35. The molecule has 1 N–H and O–H groups in total. The van der Waals surface area contributed by atoms with Gasteiger partial charge >= 0.3 is 12.1 Å². The molecule has 126 valence electrons. The van der Waals surface area contributed by atoms with Crippen molar-refractivity contribution in [2.75, 3.05) is 13.1 Å². The summed E-state index contributed by atoms with van der Waals surface area (Å²) >= 11 is 0. The Kier molecular flexibility index (Phi) is 4.63. The standard InChI is InChI=1S/C17H22FNO4/c1-10-5-6-11(18)7-12(10)13-8-19(9-14(13)15(20)21)16(22)23-17(2,3)4/h5-7,13-14H,8-9H2,1-4H3,(H,20,21)/t13-,14+/m0/s1. The van der Waals surface area contributed by atoms with Crippen molar-refractivity contribution in [3.8, 4) is 0 Å². The van der Waals surface area contributed by atoms with Crippen LogP contribution in [0.4, 0.5) is 9.18 Å². The number of likely N-dealkylation sites (tertiary alicyclic amines) is 1. The number of benzene rings is 1. The number of carboxylic acids is 1. The highest BCUT2D eigenvalue weighted by Crippen LogP contribution is 2.35. The molecular formula is C17H22FNO4. The molecule has 1 heterocycles. The second-order valence-electron chi connectivity index (χ2n) is 6.94. The number of aliphatic carboxylic acids is 1. The van der Waals surface area contributed by atoms with E-state index in [0.29, 0.717) is 5.56 Å². The molecule has 0 aromatic heterocycles. The first-order valence-electron chi connectivity index (χ1n) is 7.55. The molecule has 1 aromatic rings. The van der Waals surface area contributed by atoms with Crippen molar-refractivity contribution in [1.29, 1.82) is 0 Å². The molecule has 5 nitrogen and oxygen atoms in total. The van der Waals surface area contributed by atoms with Gasteiger partial charge in [0, 0.05) is 19.0 Å². The minimum atomic E-state index is -0.996. The van der Waals surface area contributed by atoms with Gasteiger partial charge < -0.3 is 14.7 Å². The first kappa shape index (κ1) is 17.2. The molecule has 6 heteroatoms. The summed E-state index contributed by atoms with van der Waals surface area (Å²) in [5, 5.41) is 9.46. The summed E-state index contributed by atoms with van der Waals surface area (Å²) in [7, 11) is 0. The van der Waals surface area contributed by atoms with Crippen molar-refractivity contribution in [3.05, 3.63) is 35.1 Å². The van der Waals surface area contributed by atoms with Crippen LogP contribution in [0.3, 0.4) is 0 Å². The molecule has 0 aliphatic carbocycles. The monoisotopic (exact) mass is 323 g/mol. The topological polar surface area (TPSA) is 66.8 Å². The zero-order valence-electron chi connectivity index (χ0n) is 13.8. The van der Waals surface area contributed by atoms with Crippen molar-refractivity contribution >= 4 is 12.1 Å². The molecule has 1 fully saturated rings. The predicted molar refractivity (Wildman–Crippen MR) is 82.8 cm³/mol. The number of hydrogen-bond acceptors (Lipinski definition) is 3. The lowest BCUT2D eigenvalue weighted by Gasteiger charge is -2.24. The van der Waals surface area contributed by atoms with Crippen molar-refractivity contribution < 1.29 is 23.8 Å². The Morgan fingerprint density at radius 3 is 2.52 bits per heavy atom. The van der Waals surface area contributed by atoms with Crippen LogP contribution in [0.2, 0.25) is 0 Å². The van der Waals surface area contributed by atoms with E-state index in [0.717, 1.165) is 5.56 Å². The number of aryl methyl sites for hydroxylation is 1. The molecule has 0 bridgehead atoms. The third-order valence-corrected chi connectivity index (χ3v) is 3.93. The van der Waals surface area contributed by atoms with Crippen LogP contribution in [-0.2, 0) is 9.53 Å². The predicted octanol–water partition coefficient (Wildman–Crippen LogP) is 3.17. The van der Waals surface area contributed by atoms with Gasteiger partial charge in [0.2, 0.25) is 0 Å². The molecule has 1 aliphatic rings. The fourth-order valence-electron chi connectivity index (χ4n) is 2.86. The Labute approximate surface area is 135 Å². The Hall–Kier alpha value is -2.11. The summed E-state index contributed by atoms with van der Waals surface area (Å²) in [5.41, 5.74) is 0.792. The van der Waals surface area contributed by atoms with Gasteiger partial charge in [-0.2, -0.15) is 0 Å². The van der Waals surface area contributed by atoms with E-state index in [9.17, 15) is 19.1 Å². The highest BCUT2D eigenvalue weighted by Gasteiger charge is 2.42. The van der Waals surface area contributed by atoms with Crippen molar-refractivity contribution in [1.82, 2.24) is 4.90 Å². The average Bonchev–Trinajstić information content (AvgIpc) is 2.85. The molecule has 1 aliphatic heterocycles. The van der Waals surface area contributed by atoms with Crippen molar-refractivity contribution in [2.24, 2.45) is 5.92 Å². The molecule has 0 spiro atoms. The minimum absolute atomic E-state index is 0.0604. The van der Waals surface area contributed by atoms with Gasteiger partial charge in [-0.3, -0.25) is 4.79 Å². The number of carbonyl (C=O) groups is 2. The molecule has 2 atom stereocenters. The van der Waals surface area contributed by atoms with Gasteiger partial charge in [0.25, 0.3) is 0 Å². The van der Waals surface area contributed by atoms with E-state index >= 15 is 0 Å². The summed E-state index contributed by atoms with van der Waals surface area (Å²) in [4.78, 5) is 25.1. The van der Waals surface area contributed by atoms with Gasteiger partial charge in [0.15, 0.2) is 0 Å². The average molecular weight is 323 g/mol. The van der Waals surface area contributed by atoms with Gasteiger partial charge in [-0.15, -0.1) is 0 Å². The third kappa shape index (κ3) is 4.00. The van der Waals surface area contributed by atoms with Gasteiger partial charge in [0.05, 0.1) is 5.92 Å². The number of amides is 1. The van der Waals surface area contributed by atoms with E-state index in [1.807, 2.05) is 6.92 Å². The Morgan fingerprint density at radius 1 is 1.30 bits per heavy atom. The van der Waals surface area contributed by atoms with Crippen LogP contribution in [0.15, 0.2) is 18.2 Å². The van der Waals surface area contributed by atoms with Gasteiger partial charge in [-0.1, -0.05) is 6.07 Å². The zero-order chi connectivity index (χ0) is 17.4. The largest absolute Gasteiger partial charge is 0.481 e. The van der Waals surface area contributed by atoms with Gasteiger partial charge in [-0.05, 0) is 51.0 Å². The minimum Gasteiger partial charge on any atom is -0.481 e. The van der Waals surface area contributed by atoms with Crippen LogP contribution >= 0.6 is 0 Å². The van der Waals surface area contributed by atoms with E-state index in [-0.39, 0.29) is 13.1 Å². The number of ether oxygens (including phenoxy) is 1. The van der Waals surface area contributed by atoms with Crippen LogP contribution in [-0.4, -0.2) is 40.8 Å². The van der Waals surface area contributed by atoms with E-state index < -0.39 is 35.3 Å². The summed E-state index contributed by atoms with van der Waals surface area (Å²) < 4.78 is 18.9. The lowest BCUT2D eigenvalue weighted by molar-refractivity contribution is -0.141. The van der Waals surface area contributed by atoms with E-state index in [1.54, 1.807) is 26.8 Å². The number of carboxylic acid groups (broad SMARTS) is 1. The van der Waals surface area contributed by atoms with Crippen LogP contribution in [0, 0.1) is 18.7 Å². The maximum Gasteiger partial charge on any atom is 0.410 e. The first-order valence-corrected chi connectivity index (χ1v) is 7.55. The summed E-state index contributed by atoms with van der Waals surface area (Å²) in [6.45, 7) is 7.34. The second-order valence-corrected chi connectivity index (χ2v) is 6.94. The van der Waals surface area contributed by atoms with E-state index in [2.05, 4.69) is 0 Å². The zero-order valence-corrected chi connectivity index (χ0v) is 13.8. The molecule has 2 rings (SSSR count). The first-order chi connectivity index (χ1) is 10.6. The second kappa shape index (κ2) is 6.18. The van der Waals surface area contributed by atoms with Crippen LogP contribution in [0.5, 0.6) is 0 Å². The maximum absolute atomic E-state index is 13.6. The molecule has 1 aromatic carbocycles. The van der Waals surface area contributed by atoms with Crippen LogP contribution in [0.1, 0.15) is 37.8 Å². The Bertz CT molecular complexity index is 624. The van der Waals surface area contributed by atoms with E-state index in [1.165, 1.54) is 17.0 Å². The summed E-state index contributed by atoms with van der Waals surface area (Å²) in [6.07, 6.45) is -0.541. The van der Waals surface area contributed by atoms with Gasteiger partial charge in [-0.25, -0.2) is 9.18 Å². The maximum atomic E-state index is 13.6. The summed E-state index contributed by atoms with van der Waals surface area (Å²) in [6, 6.07) is 4.32. The normalized spacial score (nSPS) is 21.3. The Balaban J connectivity index is 2.27. The van der Waals surface area contributed by atoms with Crippen LogP contribution < -0.4 is 0 Å². The highest BCUT2D eigenvalue weighted by atomic mass is 19.1. The number of halogens is 1. The van der Waals surface area contributed by atoms with E-state index in [4.69, 9.17) is 4.74 Å². The molecule has 0 radical (unpaired) electrons. The van der Waals surface area contributed by atoms with Gasteiger partial charge in [0.1, 0.15) is 11.4 Å². The molecule has 0 unspecified atom stereocenters. The number of hydrogen-bond donors (Lipinski definition) is 1. The molecule has 0 saturated carbocycles. The third-order valence-electron chi connectivity index (χ3n) is 3.93.